The van der Waals surface area contributed by atoms with Gasteiger partial charge < -0.3 is 24.3 Å². The lowest BCUT2D eigenvalue weighted by atomic mass is 9.94. The Hall–Kier alpha value is -3.52. The van der Waals surface area contributed by atoms with E-state index in [0.717, 1.165) is 61.9 Å². The van der Waals surface area contributed by atoms with Gasteiger partial charge in [-0.3, -0.25) is 0 Å². The molecule has 0 saturated carbocycles. The van der Waals surface area contributed by atoms with Gasteiger partial charge in [-0.05, 0) is 48.1 Å². The molecule has 3 heterocycles. The van der Waals surface area contributed by atoms with Crippen molar-refractivity contribution in [3.8, 4) is 11.5 Å². The Labute approximate surface area is 198 Å². The van der Waals surface area contributed by atoms with Crippen molar-refractivity contribution in [2.45, 2.75) is 32.7 Å². The number of anilines is 1. The topological polar surface area (TPSA) is 88.5 Å². The molecule has 0 aliphatic carbocycles. The fourth-order valence-electron chi connectivity index (χ4n) is 5.09. The number of benzene rings is 2. The third kappa shape index (κ3) is 4.46. The smallest absolute Gasteiger partial charge is 0.349 e. The Kier molecular flexibility index (Phi) is 6.15. The van der Waals surface area contributed by atoms with E-state index >= 15 is 0 Å². The number of carbonyl (C=O) groups excluding carboxylic acids is 1. The van der Waals surface area contributed by atoms with Crippen molar-refractivity contribution < 1.29 is 29.0 Å². The van der Waals surface area contributed by atoms with Crippen molar-refractivity contribution in [1.82, 2.24) is 5.06 Å². The van der Waals surface area contributed by atoms with Gasteiger partial charge in [-0.25, -0.2) is 9.59 Å². The number of carboxylic acid groups (broad SMARTS) is 1. The molecule has 5 rings (SSSR count). The maximum absolute atomic E-state index is 11.9. The molecule has 0 unspecified atom stereocenters. The normalized spacial score (nSPS) is 17.3. The zero-order chi connectivity index (χ0) is 23.7. The summed E-state index contributed by atoms with van der Waals surface area (Å²) in [6, 6.07) is 8.52. The summed E-state index contributed by atoms with van der Waals surface area (Å²) < 4.78 is 12.0. The van der Waals surface area contributed by atoms with E-state index in [1.54, 1.807) is 5.06 Å². The van der Waals surface area contributed by atoms with Crippen LogP contribution < -0.4 is 14.4 Å². The average Bonchev–Trinajstić information content (AvgIpc) is 3.21. The van der Waals surface area contributed by atoms with Gasteiger partial charge in [-0.2, -0.15) is 0 Å². The molecule has 178 valence electrons. The van der Waals surface area contributed by atoms with E-state index in [-0.39, 0.29) is 0 Å². The summed E-state index contributed by atoms with van der Waals surface area (Å²) in [5.41, 5.74) is 7.24. The first-order valence-corrected chi connectivity index (χ1v) is 11.6. The molecule has 0 aromatic heterocycles. The third-order valence-electron chi connectivity index (χ3n) is 6.65. The van der Waals surface area contributed by atoms with Crippen molar-refractivity contribution in [3.63, 3.8) is 0 Å². The summed E-state index contributed by atoms with van der Waals surface area (Å²) in [6.07, 6.45) is 4.11. The van der Waals surface area contributed by atoms with Crippen LogP contribution in [0.15, 0.2) is 36.4 Å². The van der Waals surface area contributed by atoms with Crippen LogP contribution >= 0.6 is 0 Å². The number of ether oxygens (including phenoxy) is 2. The van der Waals surface area contributed by atoms with E-state index in [1.165, 1.54) is 27.8 Å². The highest BCUT2D eigenvalue weighted by Crippen LogP contribution is 2.41. The van der Waals surface area contributed by atoms with Crippen LogP contribution in [0.5, 0.6) is 11.5 Å². The zero-order valence-corrected chi connectivity index (χ0v) is 19.2. The molecule has 0 atom stereocenters. The maximum Gasteiger partial charge on any atom is 0.349 e. The van der Waals surface area contributed by atoms with E-state index in [4.69, 9.17) is 19.4 Å². The van der Waals surface area contributed by atoms with Gasteiger partial charge >= 0.3 is 11.9 Å². The lowest BCUT2D eigenvalue weighted by molar-refractivity contribution is -0.183. The number of carboxylic acids is 1. The molecule has 34 heavy (non-hydrogen) atoms. The van der Waals surface area contributed by atoms with Crippen LogP contribution in [-0.2, 0) is 40.2 Å². The predicted molar refractivity (Wildman–Crippen MR) is 125 cm³/mol. The molecular formula is C26H28N2O6. The van der Waals surface area contributed by atoms with Gasteiger partial charge in [0.15, 0.2) is 0 Å². The molecule has 2 aromatic rings. The second kappa shape index (κ2) is 9.38. The number of hydrogen-bond donors (Lipinski definition) is 1. The number of nitrogens with zero attached hydrogens (tertiary/aromatic N) is 2. The van der Waals surface area contributed by atoms with Gasteiger partial charge in [0.25, 0.3) is 0 Å². The molecule has 3 aliphatic heterocycles. The minimum Gasteiger partial charge on any atom is -0.493 e. The molecule has 1 N–H and O–H groups in total. The fraction of sp³-hybridized carbons (Fsp3) is 0.385. The van der Waals surface area contributed by atoms with Crippen molar-refractivity contribution in [2.75, 3.05) is 37.7 Å². The Balaban J connectivity index is 1.37. The summed E-state index contributed by atoms with van der Waals surface area (Å²) >= 11 is 0. The Morgan fingerprint density at radius 2 is 1.91 bits per heavy atom. The van der Waals surface area contributed by atoms with Crippen LogP contribution in [0.4, 0.5) is 5.69 Å². The van der Waals surface area contributed by atoms with Gasteiger partial charge in [-0.1, -0.05) is 18.2 Å². The highest BCUT2D eigenvalue weighted by molar-refractivity contribution is 5.90. The second-order valence-electron chi connectivity index (χ2n) is 8.77. The number of rotatable bonds is 5. The SMILES string of the molecule is Cc1c2c(cc3c1N(Cc1cccc4c1OCC4)CCO3)CCN(OC(=O)/C=C/C(=O)O)CC2. The van der Waals surface area contributed by atoms with E-state index in [2.05, 4.69) is 36.1 Å². The second-order valence-corrected chi connectivity index (χ2v) is 8.77. The average molecular weight is 465 g/mol. The van der Waals surface area contributed by atoms with E-state index < -0.39 is 11.9 Å². The van der Waals surface area contributed by atoms with Gasteiger partial charge in [0, 0.05) is 43.8 Å². The van der Waals surface area contributed by atoms with Crippen LogP contribution in [0.3, 0.4) is 0 Å². The predicted octanol–water partition coefficient (Wildman–Crippen LogP) is 2.83. The lowest BCUT2D eigenvalue weighted by Crippen LogP contribution is -2.33. The third-order valence-corrected chi connectivity index (χ3v) is 6.65. The molecular weight excluding hydrogens is 436 g/mol. The van der Waals surface area contributed by atoms with Gasteiger partial charge in [0.1, 0.15) is 18.1 Å². The van der Waals surface area contributed by atoms with Crippen LogP contribution in [0.2, 0.25) is 0 Å². The molecule has 0 amide bonds. The minimum absolute atomic E-state index is 0.537. The molecule has 3 aliphatic rings. The van der Waals surface area contributed by atoms with E-state index in [9.17, 15) is 9.59 Å². The standard InChI is InChI=1S/C26H28N2O6/c1-17-21-8-11-28(34-24(31)6-5-23(29)30)10-7-19(21)15-22-25(17)27(12-14-32-22)16-20-4-2-3-18-9-13-33-26(18)20/h2-6,15H,7-14,16H2,1H3,(H,29,30)/b6-5+. The summed E-state index contributed by atoms with van der Waals surface area (Å²) in [7, 11) is 0. The first kappa shape index (κ1) is 22.3. The molecule has 8 heteroatoms. The number of para-hydroxylation sites is 1. The number of carbonyl (C=O) groups is 2. The molecule has 8 nitrogen and oxygen atoms in total. The first-order chi connectivity index (χ1) is 16.5. The van der Waals surface area contributed by atoms with Crippen molar-refractivity contribution in [1.29, 1.82) is 0 Å². The van der Waals surface area contributed by atoms with E-state index in [0.29, 0.717) is 26.1 Å². The van der Waals surface area contributed by atoms with E-state index in [1.807, 2.05) is 0 Å². The van der Waals surface area contributed by atoms with Crippen LogP contribution in [-0.4, -0.2) is 55.0 Å². The molecule has 0 fully saturated rings. The minimum atomic E-state index is -1.18. The van der Waals surface area contributed by atoms with Gasteiger partial charge in [0.2, 0.25) is 0 Å². The van der Waals surface area contributed by atoms with Crippen molar-refractivity contribution >= 4 is 17.6 Å². The molecule has 0 bridgehead atoms. The number of hydroxylamine groups is 2. The summed E-state index contributed by atoms with van der Waals surface area (Å²) in [5, 5.41) is 10.3. The highest BCUT2D eigenvalue weighted by Gasteiger charge is 2.28. The Morgan fingerprint density at radius 1 is 1.06 bits per heavy atom. The Morgan fingerprint density at radius 3 is 2.76 bits per heavy atom. The van der Waals surface area contributed by atoms with Gasteiger partial charge in [-0.15, -0.1) is 5.06 Å². The van der Waals surface area contributed by atoms with Crippen LogP contribution in [0.25, 0.3) is 0 Å². The lowest BCUT2D eigenvalue weighted by Gasteiger charge is -2.34. The van der Waals surface area contributed by atoms with Gasteiger partial charge in [0.05, 0.1) is 18.8 Å². The van der Waals surface area contributed by atoms with Crippen LogP contribution in [0, 0.1) is 6.92 Å². The van der Waals surface area contributed by atoms with Crippen molar-refractivity contribution in [3.05, 3.63) is 64.2 Å². The van der Waals surface area contributed by atoms with Crippen molar-refractivity contribution in [2.24, 2.45) is 0 Å². The molecule has 2 aromatic carbocycles. The quantitative estimate of drug-likeness (QED) is 0.676. The first-order valence-electron chi connectivity index (χ1n) is 11.6. The summed E-state index contributed by atoms with van der Waals surface area (Å²) in [5.74, 6) is 0.0534. The largest absolute Gasteiger partial charge is 0.493 e. The highest BCUT2D eigenvalue weighted by atomic mass is 16.7. The van der Waals surface area contributed by atoms with Crippen LogP contribution in [0.1, 0.15) is 27.8 Å². The fourth-order valence-corrected chi connectivity index (χ4v) is 5.09. The molecule has 0 radical (unpaired) electrons. The summed E-state index contributed by atoms with van der Waals surface area (Å²) in [4.78, 5) is 30.3. The molecule has 0 saturated heterocycles. The number of hydrogen-bond acceptors (Lipinski definition) is 7. The monoisotopic (exact) mass is 464 g/mol. The number of fused-ring (bicyclic) bond motifs is 3. The molecule has 0 spiro atoms. The Bertz CT molecular complexity index is 1160. The summed E-state index contributed by atoms with van der Waals surface area (Å²) in [6.45, 7) is 6.15. The maximum atomic E-state index is 11.9. The number of aliphatic carboxylic acids is 1. The zero-order valence-electron chi connectivity index (χ0n) is 19.2.